The number of nitrogens with one attached hydrogen (secondary N) is 1. The van der Waals surface area contributed by atoms with Crippen molar-refractivity contribution in [2.24, 2.45) is 0 Å². The molecule has 100 valence electrons. The van der Waals surface area contributed by atoms with Gasteiger partial charge in [-0.1, -0.05) is 18.2 Å². The molecule has 0 bridgehead atoms. The molecule has 0 aliphatic carbocycles. The van der Waals surface area contributed by atoms with E-state index in [0.29, 0.717) is 0 Å². The molecule has 1 aliphatic rings. The SMILES string of the molecule is Cc1cccc2c(NCC3(C)CCCO3)ccnc12. The first-order chi connectivity index (χ1) is 9.18. The first-order valence-corrected chi connectivity index (χ1v) is 6.90. The van der Waals surface area contributed by atoms with Crippen molar-refractivity contribution < 1.29 is 4.74 Å². The Bertz CT molecular complexity index is 588. The fourth-order valence-electron chi connectivity index (χ4n) is 2.74. The number of ether oxygens (including phenoxy) is 1. The van der Waals surface area contributed by atoms with Gasteiger partial charge in [0, 0.05) is 30.4 Å². The van der Waals surface area contributed by atoms with Crippen molar-refractivity contribution in [1.29, 1.82) is 0 Å². The number of nitrogens with zero attached hydrogens (tertiary/aromatic N) is 1. The topological polar surface area (TPSA) is 34.1 Å². The summed E-state index contributed by atoms with van der Waals surface area (Å²) in [6, 6.07) is 8.34. The van der Waals surface area contributed by atoms with E-state index in [1.54, 1.807) is 0 Å². The van der Waals surface area contributed by atoms with Gasteiger partial charge in [-0.2, -0.15) is 0 Å². The highest BCUT2D eigenvalue weighted by molar-refractivity contribution is 5.92. The lowest BCUT2D eigenvalue weighted by Crippen LogP contribution is -2.32. The Morgan fingerprint density at radius 1 is 1.37 bits per heavy atom. The Morgan fingerprint density at radius 2 is 2.26 bits per heavy atom. The van der Waals surface area contributed by atoms with E-state index in [2.05, 4.69) is 42.3 Å². The van der Waals surface area contributed by atoms with Gasteiger partial charge < -0.3 is 10.1 Å². The highest BCUT2D eigenvalue weighted by atomic mass is 16.5. The van der Waals surface area contributed by atoms with Gasteiger partial charge in [0.05, 0.1) is 11.1 Å². The zero-order valence-electron chi connectivity index (χ0n) is 11.6. The second kappa shape index (κ2) is 4.82. The number of fused-ring (bicyclic) bond motifs is 1. The molecule has 19 heavy (non-hydrogen) atoms. The lowest BCUT2D eigenvalue weighted by Gasteiger charge is -2.24. The predicted octanol–water partition coefficient (Wildman–Crippen LogP) is 3.52. The average molecular weight is 256 g/mol. The molecule has 0 amide bonds. The zero-order valence-corrected chi connectivity index (χ0v) is 11.6. The lowest BCUT2D eigenvalue weighted by molar-refractivity contribution is 0.0315. The van der Waals surface area contributed by atoms with Crippen LogP contribution in [0.1, 0.15) is 25.3 Å². The number of aryl methyl sites for hydroxylation is 1. The molecule has 1 fully saturated rings. The van der Waals surface area contributed by atoms with Gasteiger partial charge in [-0.05, 0) is 38.3 Å². The summed E-state index contributed by atoms with van der Waals surface area (Å²) in [6.45, 7) is 6.01. The summed E-state index contributed by atoms with van der Waals surface area (Å²) in [7, 11) is 0. The first-order valence-electron chi connectivity index (χ1n) is 6.90. The predicted molar refractivity (Wildman–Crippen MR) is 78.6 cm³/mol. The third-order valence-corrected chi connectivity index (χ3v) is 3.93. The third-order valence-electron chi connectivity index (χ3n) is 3.93. The second-order valence-corrected chi connectivity index (χ2v) is 5.59. The Labute approximate surface area is 114 Å². The maximum absolute atomic E-state index is 5.82. The minimum atomic E-state index is -0.0284. The van der Waals surface area contributed by atoms with Gasteiger partial charge in [-0.3, -0.25) is 4.98 Å². The van der Waals surface area contributed by atoms with Crippen molar-refractivity contribution in [3.05, 3.63) is 36.0 Å². The van der Waals surface area contributed by atoms with Crippen LogP contribution < -0.4 is 5.32 Å². The largest absolute Gasteiger partial charge is 0.382 e. The fraction of sp³-hybridized carbons (Fsp3) is 0.438. The van der Waals surface area contributed by atoms with Crippen LogP contribution in [-0.2, 0) is 4.74 Å². The number of pyridine rings is 1. The van der Waals surface area contributed by atoms with E-state index < -0.39 is 0 Å². The average Bonchev–Trinajstić information content (AvgIpc) is 2.84. The van der Waals surface area contributed by atoms with Crippen LogP contribution in [0.3, 0.4) is 0 Å². The van der Waals surface area contributed by atoms with E-state index in [1.165, 1.54) is 10.9 Å². The van der Waals surface area contributed by atoms with Crippen molar-refractivity contribution in [3.8, 4) is 0 Å². The van der Waals surface area contributed by atoms with Crippen LogP contribution in [0.15, 0.2) is 30.5 Å². The van der Waals surface area contributed by atoms with Crippen LogP contribution in [-0.4, -0.2) is 23.7 Å². The standard InChI is InChI=1S/C16H20N2O/c1-12-5-3-6-13-14(7-9-17-15(12)13)18-11-16(2)8-4-10-19-16/h3,5-7,9H,4,8,10-11H2,1-2H3,(H,17,18). The maximum atomic E-state index is 5.82. The molecule has 3 nitrogen and oxygen atoms in total. The number of anilines is 1. The number of aromatic nitrogens is 1. The highest BCUT2D eigenvalue weighted by Gasteiger charge is 2.29. The summed E-state index contributed by atoms with van der Waals surface area (Å²) < 4.78 is 5.82. The van der Waals surface area contributed by atoms with Crippen molar-refractivity contribution in [2.75, 3.05) is 18.5 Å². The molecule has 3 heteroatoms. The summed E-state index contributed by atoms with van der Waals surface area (Å²) in [4.78, 5) is 4.47. The molecular weight excluding hydrogens is 236 g/mol. The minimum absolute atomic E-state index is 0.0284. The monoisotopic (exact) mass is 256 g/mol. The number of benzene rings is 1. The summed E-state index contributed by atoms with van der Waals surface area (Å²) in [5.74, 6) is 0. The van der Waals surface area contributed by atoms with Crippen LogP contribution in [0, 0.1) is 6.92 Å². The zero-order chi connectivity index (χ0) is 13.3. The number of para-hydroxylation sites is 1. The molecule has 2 aromatic rings. The normalized spacial score (nSPS) is 22.8. The molecule has 1 aromatic heterocycles. The molecule has 1 unspecified atom stereocenters. The molecule has 1 aliphatic heterocycles. The molecular formula is C16H20N2O. The summed E-state index contributed by atoms with van der Waals surface area (Å²) in [6.07, 6.45) is 4.16. The molecule has 1 aromatic carbocycles. The fourth-order valence-corrected chi connectivity index (χ4v) is 2.74. The number of rotatable bonds is 3. The van der Waals surface area contributed by atoms with Gasteiger partial charge in [-0.15, -0.1) is 0 Å². The van der Waals surface area contributed by atoms with E-state index in [1.807, 2.05) is 12.3 Å². The van der Waals surface area contributed by atoms with Crippen LogP contribution >= 0.6 is 0 Å². The molecule has 1 N–H and O–H groups in total. The van der Waals surface area contributed by atoms with Gasteiger partial charge in [0.2, 0.25) is 0 Å². The second-order valence-electron chi connectivity index (χ2n) is 5.59. The van der Waals surface area contributed by atoms with Crippen molar-refractivity contribution in [2.45, 2.75) is 32.3 Å². The van der Waals surface area contributed by atoms with E-state index >= 15 is 0 Å². The van der Waals surface area contributed by atoms with Gasteiger partial charge >= 0.3 is 0 Å². The minimum Gasteiger partial charge on any atom is -0.382 e. The lowest BCUT2D eigenvalue weighted by atomic mass is 10.0. The molecule has 0 saturated carbocycles. The molecule has 1 saturated heterocycles. The van der Waals surface area contributed by atoms with Crippen LogP contribution in [0.25, 0.3) is 10.9 Å². The summed E-state index contributed by atoms with van der Waals surface area (Å²) in [5, 5.41) is 4.72. The molecule has 0 radical (unpaired) electrons. The first kappa shape index (κ1) is 12.4. The smallest absolute Gasteiger partial charge is 0.0826 e. The van der Waals surface area contributed by atoms with Crippen molar-refractivity contribution >= 4 is 16.6 Å². The molecule has 0 spiro atoms. The van der Waals surface area contributed by atoms with Crippen LogP contribution in [0.2, 0.25) is 0 Å². The Morgan fingerprint density at radius 3 is 3.05 bits per heavy atom. The maximum Gasteiger partial charge on any atom is 0.0826 e. The van der Waals surface area contributed by atoms with E-state index in [4.69, 9.17) is 4.74 Å². The highest BCUT2D eigenvalue weighted by Crippen LogP contribution is 2.28. The van der Waals surface area contributed by atoms with Gasteiger partial charge in [0.15, 0.2) is 0 Å². The molecule has 3 rings (SSSR count). The quantitative estimate of drug-likeness (QED) is 0.912. The van der Waals surface area contributed by atoms with Crippen LogP contribution in [0.4, 0.5) is 5.69 Å². The molecule has 2 heterocycles. The Hall–Kier alpha value is -1.61. The number of hydrogen-bond donors (Lipinski definition) is 1. The molecule has 1 atom stereocenters. The van der Waals surface area contributed by atoms with Gasteiger partial charge in [0.25, 0.3) is 0 Å². The van der Waals surface area contributed by atoms with E-state index in [0.717, 1.165) is 37.2 Å². The van der Waals surface area contributed by atoms with Crippen molar-refractivity contribution in [1.82, 2.24) is 4.98 Å². The third kappa shape index (κ3) is 2.43. The van der Waals surface area contributed by atoms with Crippen molar-refractivity contribution in [3.63, 3.8) is 0 Å². The summed E-state index contributed by atoms with van der Waals surface area (Å²) >= 11 is 0. The van der Waals surface area contributed by atoms with E-state index in [9.17, 15) is 0 Å². The Kier molecular flexibility index (Phi) is 3.15. The van der Waals surface area contributed by atoms with Gasteiger partial charge in [0.1, 0.15) is 0 Å². The Balaban J connectivity index is 1.87. The number of hydrogen-bond acceptors (Lipinski definition) is 3. The van der Waals surface area contributed by atoms with Crippen LogP contribution in [0.5, 0.6) is 0 Å². The van der Waals surface area contributed by atoms with E-state index in [-0.39, 0.29) is 5.60 Å². The summed E-state index contributed by atoms with van der Waals surface area (Å²) in [5.41, 5.74) is 3.40. The van der Waals surface area contributed by atoms with Gasteiger partial charge in [-0.25, -0.2) is 0 Å².